The molecule has 0 bridgehead atoms. The number of amides is 1. The van der Waals surface area contributed by atoms with Gasteiger partial charge in [-0.2, -0.15) is 0 Å². The number of allylic oxidation sites excluding steroid dienone is 4. The van der Waals surface area contributed by atoms with E-state index in [1.54, 1.807) is 0 Å². The van der Waals surface area contributed by atoms with Crippen LogP contribution in [0.25, 0.3) is 0 Å². The van der Waals surface area contributed by atoms with Gasteiger partial charge in [-0.25, -0.2) is 4.57 Å². The van der Waals surface area contributed by atoms with Crippen LogP contribution in [-0.4, -0.2) is 73.4 Å². The summed E-state index contributed by atoms with van der Waals surface area (Å²) in [5.41, 5.74) is 0. The van der Waals surface area contributed by atoms with E-state index in [9.17, 15) is 19.4 Å². The van der Waals surface area contributed by atoms with Crippen molar-refractivity contribution < 1.29 is 32.9 Å². The van der Waals surface area contributed by atoms with E-state index in [1.807, 2.05) is 21.1 Å². The number of hydrogen-bond donors (Lipinski definition) is 3. The van der Waals surface area contributed by atoms with Crippen molar-refractivity contribution in [2.75, 3.05) is 40.9 Å². The third-order valence-corrected chi connectivity index (χ3v) is 15.7. The minimum atomic E-state index is -4.32. The summed E-state index contributed by atoms with van der Waals surface area (Å²) in [7, 11) is 1.63. The number of carbonyl (C=O) groups is 1. The van der Waals surface area contributed by atoms with Gasteiger partial charge in [0.25, 0.3) is 0 Å². The van der Waals surface area contributed by atoms with Crippen LogP contribution in [0.5, 0.6) is 0 Å². The van der Waals surface area contributed by atoms with Crippen molar-refractivity contribution in [1.29, 1.82) is 0 Å². The number of phosphoric ester groups is 1. The predicted molar refractivity (Wildman–Crippen MR) is 314 cm³/mol. The summed E-state index contributed by atoms with van der Waals surface area (Å²) in [5, 5.41) is 14.0. The summed E-state index contributed by atoms with van der Waals surface area (Å²) in [6.45, 7) is 4.91. The van der Waals surface area contributed by atoms with Gasteiger partial charge in [-0.05, 0) is 44.9 Å². The van der Waals surface area contributed by atoms with Gasteiger partial charge in [-0.15, -0.1) is 0 Å². The van der Waals surface area contributed by atoms with Gasteiger partial charge in [0.2, 0.25) is 5.91 Å². The number of hydrogen-bond acceptors (Lipinski definition) is 5. The Kier molecular flexibility index (Phi) is 54.0. The minimum absolute atomic E-state index is 0.0765. The molecule has 0 fully saturated rings. The molecule has 0 heterocycles. The Labute approximate surface area is 449 Å². The average molecular weight is 1040 g/mol. The first-order valence-corrected chi connectivity index (χ1v) is 33.2. The van der Waals surface area contributed by atoms with E-state index in [0.29, 0.717) is 23.9 Å². The standard InChI is InChI=1S/C63H125N2O6P/c1-6-8-10-12-14-16-18-19-20-21-22-23-24-25-26-27-28-29-30-31-32-33-34-35-36-37-38-39-40-41-42-43-44-45-47-49-51-53-55-57-63(67)64-61(60-71-72(68,69)70-59-58-65(3,4)5)62(66)56-54-52-50-48-46-17-15-13-11-9-7-2/h28-29,31-32,61-62,66H,6-27,30,33-60H2,1-5H3,(H-,64,67,68,69)/p+1/b29-28-,32-31-. The molecule has 0 aliphatic heterocycles. The van der Waals surface area contributed by atoms with Gasteiger partial charge in [0.1, 0.15) is 13.2 Å². The highest BCUT2D eigenvalue weighted by atomic mass is 31.2. The predicted octanol–water partition coefficient (Wildman–Crippen LogP) is 19.5. The van der Waals surface area contributed by atoms with E-state index >= 15 is 0 Å². The van der Waals surface area contributed by atoms with E-state index in [4.69, 9.17) is 9.05 Å². The number of nitrogens with one attached hydrogen (secondary N) is 1. The first kappa shape index (κ1) is 71.0. The van der Waals surface area contributed by atoms with E-state index in [2.05, 4.69) is 43.5 Å². The molecule has 0 aliphatic carbocycles. The van der Waals surface area contributed by atoms with E-state index in [1.165, 1.54) is 250 Å². The number of nitrogens with zero attached hydrogens (tertiary/aromatic N) is 1. The maximum absolute atomic E-state index is 13.0. The van der Waals surface area contributed by atoms with Crippen LogP contribution in [-0.2, 0) is 18.4 Å². The Bertz CT molecular complexity index is 1220. The Hall–Kier alpha value is -1.02. The Morgan fingerprint density at radius 1 is 0.472 bits per heavy atom. The van der Waals surface area contributed by atoms with Crippen LogP contribution < -0.4 is 5.32 Å². The maximum Gasteiger partial charge on any atom is 0.472 e. The lowest BCUT2D eigenvalue weighted by Crippen LogP contribution is -2.46. The third-order valence-electron chi connectivity index (χ3n) is 14.7. The van der Waals surface area contributed by atoms with Crippen molar-refractivity contribution >= 4 is 13.7 Å². The van der Waals surface area contributed by atoms with Crippen molar-refractivity contribution in [3.63, 3.8) is 0 Å². The molecule has 0 aromatic carbocycles. The summed E-state index contributed by atoms with van der Waals surface area (Å²) in [5.74, 6) is -0.141. The minimum Gasteiger partial charge on any atom is -0.391 e. The Morgan fingerprint density at radius 3 is 1.14 bits per heavy atom. The molecule has 0 radical (unpaired) electrons. The van der Waals surface area contributed by atoms with E-state index < -0.39 is 20.0 Å². The molecule has 3 N–H and O–H groups in total. The summed E-state index contributed by atoms with van der Waals surface area (Å²) in [4.78, 5) is 23.3. The Balaban J connectivity index is 3.83. The summed E-state index contributed by atoms with van der Waals surface area (Å²) < 4.78 is 23.7. The molecule has 1 amide bonds. The first-order valence-electron chi connectivity index (χ1n) is 31.7. The molecular formula is C63H126N2O6P+. The van der Waals surface area contributed by atoms with Crippen LogP contribution in [0.1, 0.15) is 322 Å². The van der Waals surface area contributed by atoms with Crippen molar-refractivity contribution in [3.8, 4) is 0 Å². The second-order valence-corrected chi connectivity index (χ2v) is 24.6. The smallest absolute Gasteiger partial charge is 0.391 e. The largest absolute Gasteiger partial charge is 0.472 e. The second kappa shape index (κ2) is 54.8. The quantitative estimate of drug-likeness (QED) is 0.0243. The summed E-state index contributed by atoms with van der Waals surface area (Å²) in [6.07, 6.45) is 70.0. The molecule has 428 valence electrons. The molecule has 3 atom stereocenters. The molecule has 0 aromatic heterocycles. The van der Waals surface area contributed by atoms with Crippen molar-refractivity contribution in [1.82, 2.24) is 5.32 Å². The molecule has 8 nitrogen and oxygen atoms in total. The average Bonchev–Trinajstić information content (AvgIpc) is 3.34. The van der Waals surface area contributed by atoms with Gasteiger partial charge in [-0.3, -0.25) is 13.8 Å². The monoisotopic (exact) mass is 1040 g/mol. The van der Waals surface area contributed by atoms with Gasteiger partial charge in [0.05, 0.1) is 39.9 Å². The van der Waals surface area contributed by atoms with Crippen LogP contribution in [0.15, 0.2) is 24.3 Å². The lowest BCUT2D eigenvalue weighted by Gasteiger charge is -2.26. The molecule has 0 saturated heterocycles. The van der Waals surface area contributed by atoms with E-state index in [-0.39, 0.29) is 19.1 Å². The van der Waals surface area contributed by atoms with E-state index in [0.717, 1.165) is 44.9 Å². The zero-order chi connectivity index (χ0) is 52.7. The van der Waals surface area contributed by atoms with Crippen LogP contribution >= 0.6 is 7.82 Å². The fourth-order valence-electron chi connectivity index (χ4n) is 9.73. The lowest BCUT2D eigenvalue weighted by molar-refractivity contribution is -0.870. The zero-order valence-electron chi connectivity index (χ0n) is 48.9. The van der Waals surface area contributed by atoms with Gasteiger partial charge in [0, 0.05) is 6.42 Å². The van der Waals surface area contributed by atoms with Crippen LogP contribution in [0.3, 0.4) is 0 Å². The van der Waals surface area contributed by atoms with Gasteiger partial charge < -0.3 is 19.8 Å². The SMILES string of the molecule is CCCCCCCCCCCCCCCCC/C=C\C/C=C\CCCCCCCCCCCCCCCCCCCC(=O)NC(COP(=O)(O)OCC[N+](C)(C)C)C(O)CCCCCCCCCCCCC. The highest BCUT2D eigenvalue weighted by Gasteiger charge is 2.28. The molecule has 0 spiro atoms. The molecule has 0 rings (SSSR count). The summed E-state index contributed by atoms with van der Waals surface area (Å²) >= 11 is 0. The number of quaternary nitrogens is 1. The number of phosphoric acid groups is 1. The molecule has 0 aliphatic rings. The highest BCUT2D eigenvalue weighted by molar-refractivity contribution is 7.47. The number of likely N-dealkylation sites (N-methyl/N-ethyl adjacent to an activating group) is 1. The fourth-order valence-corrected chi connectivity index (χ4v) is 10.5. The molecule has 0 saturated carbocycles. The van der Waals surface area contributed by atoms with Gasteiger partial charge in [0.15, 0.2) is 0 Å². The number of unbranched alkanes of at least 4 members (excludes halogenated alkanes) is 42. The van der Waals surface area contributed by atoms with Crippen LogP contribution in [0.2, 0.25) is 0 Å². The zero-order valence-corrected chi connectivity index (χ0v) is 49.8. The van der Waals surface area contributed by atoms with Crippen molar-refractivity contribution in [2.24, 2.45) is 0 Å². The van der Waals surface area contributed by atoms with Gasteiger partial charge in [-0.1, -0.05) is 295 Å². The fraction of sp³-hybridized carbons (Fsp3) is 0.921. The first-order chi connectivity index (χ1) is 35.0. The van der Waals surface area contributed by atoms with Crippen molar-refractivity contribution in [3.05, 3.63) is 24.3 Å². The number of carbonyl (C=O) groups excluding carboxylic acids is 1. The highest BCUT2D eigenvalue weighted by Crippen LogP contribution is 2.43. The van der Waals surface area contributed by atoms with Crippen LogP contribution in [0.4, 0.5) is 0 Å². The maximum atomic E-state index is 13.0. The topological polar surface area (TPSA) is 105 Å². The number of aliphatic hydroxyl groups is 1. The number of rotatable bonds is 59. The molecule has 9 heteroatoms. The Morgan fingerprint density at radius 2 is 0.792 bits per heavy atom. The molecule has 72 heavy (non-hydrogen) atoms. The second-order valence-electron chi connectivity index (χ2n) is 23.1. The molecular weight excluding hydrogens is 912 g/mol. The summed E-state index contributed by atoms with van der Waals surface area (Å²) in [6, 6.07) is -0.757. The van der Waals surface area contributed by atoms with Crippen molar-refractivity contribution in [2.45, 2.75) is 334 Å². The molecule has 0 aromatic rings. The van der Waals surface area contributed by atoms with Gasteiger partial charge >= 0.3 is 7.82 Å². The van der Waals surface area contributed by atoms with Crippen LogP contribution in [0, 0.1) is 0 Å². The molecule has 3 unspecified atom stereocenters. The normalized spacial score (nSPS) is 13.9. The third kappa shape index (κ3) is 56.7. The lowest BCUT2D eigenvalue weighted by atomic mass is 10.0. The number of aliphatic hydroxyl groups excluding tert-OH is 1.